The summed E-state index contributed by atoms with van der Waals surface area (Å²) in [5.41, 5.74) is 1.93. The molecule has 0 radical (unpaired) electrons. The van der Waals surface area contributed by atoms with Crippen LogP contribution < -0.4 is 9.47 Å². The zero-order valence-electron chi connectivity index (χ0n) is 13.5. The van der Waals surface area contributed by atoms with Gasteiger partial charge in [0.1, 0.15) is 0 Å². The predicted octanol–water partition coefficient (Wildman–Crippen LogP) is 1.21. The lowest BCUT2D eigenvalue weighted by Crippen LogP contribution is -2.37. The maximum atomic E-state index is 12.8. The van der Waals surface area contributed by atoms with Crippen molar-refractivity contribution < 1.29 is 19.0 Å². The average Bonchev–Trinajstić information content (AvgIpc) is 3.18. The summed E-state index contributed by atoms with van der Waals surface area (Å²) in [6.07, 6.45) is 2.02. The van der Waals surface area contributed by atoms with Gasteiger partial charge in [-0.2, -0.15) is 5.10 Å². The molecule has 0 spiro atoms. The van der Waals surface area contributed by atoms with E-state index in [0.717, 1.165) is 17.0 Å². The van der Waals surface area contributed by atoms with E-state index in [9.17, 15) is 4.79 Å². The summed E-state index contributed by atoms with van der Waals surface area (Å²) in [5.74, 6) is 1.49. The Morgan fingerprint density at radius 2 is 2.17 bits per heavy atom. The molecule has 2 aliphatic heterocycles. The highest BCUT2D eigenvalue weighted by molar-refractivity contribution is 5.79. The summed E-state index contributed by atoms with van der Waals surface area (Å²) in [4.78, 5) is 14.6. The highest BCUT2D eigenvalue weighted by Gasteiger charge is 2.25. The SMILES string of the molecule is CO[C@H]1CN(C(=O)Cc2ccc3c(c2)OCO3)Cc2ccnn2C1. The second kappa shape index (κ2) is 6.16. The fourth-order valence-corrected chi connectivity index (χ4v) is 3.09. The third-order valence-electron chi connectivity index (χ3n) is 4.44. The Hall–Kier alpha value is -2.54. The van der Waals surface area contributed by atoms with Crippen LogP contribution in [-0.2, 0) is 29.0 Å². The van der Waals surface area contributed by atoms with E-state index in [2.05, 4.69) is 5.10 Å². The lowest BCUT2D eigenvalue weighted by Gasteiger charge is -2.23. The van der Waals surface area contributed by atoms with Crippen molar-refractivity contribution in [2.45, 2.75) is 25.6 Å². The molecule has 0 unspecified atom stereocenters. The Morgan fingerprint density at radius 3 is 3.04 bits per heavy atom. The molecule has 2 aliphatic rings. The van der Waals surface area contributed by atoms with Crippen LogP contribution in [0.15, 0.2) is 30.5 Å². The number of hydrogen-bond donors (Lipinski definition) is 0. The molecule has 0 N–H and O–H groups in total. The molecule has 126 valence electrons. The van der Waals surface area contributed by atoms with Crippen LogP contribution in [0.2, 0.25) is 0 Å². The quantitative estimate of drug-likeness (QED) is 0.847. The van der Waals surface area contributed by atoms with E-state index in [1.54, 1.807) is 13.3 Å². The van der Waals surface area contributed by atoms with E-state index in [0.29, 0.717) is 31.8 Å². The summed E-state index contributed by atoms with van der Waals surface area (Å²) in [6.45, 7) is 2.00. The molecule has 1 atom stereocenters. The molecular formula is C17H19N3O4. The topological polar surface area (TPSA) is 65.8 Å². The van der Waals surface area contributed by atoms with Crippen molar-refractivity contribution in [1.82, 2.24) is 14.7 Å². The molecule has 4 rings (SSSR count). The predicted molar refractivity (Wildman–Crippen MR) is 84.7 cm³/mol. The Bertz CT molecular complexity index is 758. The van der Waals surface area contributed by atoms with Crippen molar-refractivity contribution in [3.8, 4) is 11.5 Å². The molecule has 0 bridgehead atoms. The van der Waals surface area contributed by atoms with Crippen LogP contribution in [0.5, 0.6) is 11.5 Å². The first-order valence-electron chi connectivity index (χ1n) is 7.92. The number of methoxy groups -OCH3 is 1. The fraction of sp³-hybridized carbons (Fsp3) is 0.412. The number of ether oxygens (including phenoxy) is 3. The minimum Gasteiger partial charge on any atom is -0.454 e. The maximum Gasteiger partial charge on any atom is 0.231 e. The highest BCUT2D eigenvalue weighted by atomic mass is 16.7. The number of carbonyl (C=O) groups excluding carboxylic acids is 1. The third-order valence-corrected chi connectivity index (χ3v) is 4.44. The molecule has 1 aromatic heterocycles. The first-order chi connectivity index (χ1) is 11.7. The van der Waals surface area contributed by atoms with Gasteiger partial charge in [0, 0.05) is 19.9 Å². The largest absolute Gasteiger partial charge is 0.454 e. The Morgan fingerprint density at radius 1 is 1.29 bits per heavy atom. The molecule has 0 saturated heterocycles. The summed E-state index contributed by atoms with van der Waals surface area (Å²) < 4.78 is 18.1. The van der Waals surface area contributed by atoms with E-state index >= 15 is 0 Å². The standard InChI is InChI=1S/C17H19N3O4/c1-22-14-9-19(8-13-4-5-18-20(13)10-14)17(21)7-12-2-3-15-16(6-12)24-11-23-15/h2-6,14H,7-11H2,1H3/t14-/m0/s1. The second-order valence-corrected chi connectivity index (χ2v) is 6.00. The van der Waals surface area contributed by atoms with Gasteiger partial charge in [0.15, 0.2) is 11.5 Å². The minimum atomic E-state index is -0.0631. The van der Waals surface area contributed by atoms with Gasteiger partial charge < -0.3 is 19.1 Å². The number of nitrogens with zero attached hydrogens (tertiary/aromatic N) is 3. The van der Waals surface area contributed by atoms with Crippen LogP contribution in [0.4, 0.5) is 0 Å². The smallest absolute Gasteiger partial charge is 0.231 e. The van der Waals surface area contributed by atoms with Gasteiger partial charge >= 0.3 is 0 Å². The number of amides is 1. The van der Waals surface area contributed by atoms with Gasteiger partial charge in [-0.15, -0.1) is 0 Å². The summed E-state index contributed by atoms with van der Waals surface area (Å²) in [6, 6.07) is 7.57. The lowest BCUT2D eigenvalue weighted by atomic mass is 10.1. The number of aromatic nitrogens is 2. The monoisotopic (exact) mass is 329 g/mol. The molecule has 1 aromatic carbocycles. The number of fused-ring (bicyclic) bond motifs is 2. The van der Waals surface area contributed by atoms with Crippen molar-refractivity contribution in [3.63, 3.8) is 0 Å². The highest BCUT2D eigenvalue weighted by Crippen LogP contribution is 2.32. The van der Waals surface area contributed by atoms with Crippen LogP contribution in [0.1, 0.15) is 11.3 Å². The second-order valence-electron chi connectivity index (χ2n) is 6.00. The van der Waals surface area contributed by atoms with Crippen molar-refractivity contribution in [2.75, 3.05) is 20.4 Å². The Labute approximate surface area is 139 Å². The van der Waals surface area contributed by atoms with Crippen LogP contribution in [0.3, 0.4) is 0 Å². The molecule has 3 heterocycles. The van der Waals surface area contributed by atoms with E-state index in [4.69, 9.17) is 14.2 Å². The van der Waals surface area contributed by atoms with Crippen LogP contribution in [-0.4, -0.2) is 47.1 Å². The Kier molecular flexibility index (Phi) is 3.86. The summed E-state index contributed by atoms with van der Waals surface area (Å²) >= 11 is 0. The van der Waals surface area contributed by atoms with Crippen LogP contribution >= 0.6 is 0 Å². The number of benzene rings is 1. The van der Waals surface area contributed by atoms with Crippen molar-refractivity contribution in [1.29, 1.82) is 0 Å². The molecule has 7 heteroatoms. The first kappa shape index (κ1) is 15.0. The lowest BCUT2D eigenvalue weighted by molar-refractivity contribution is -0.132. The number of carbonyl (C=O) groups is 1. The fourth-order valence-electron chi connectivity index (χ4n) is 3.09. The van der Waals surface area contributed by atoms with Gasteiger partial charge in [-0.25, -0.2) is 0 Å². The Balaban J connectivity index is 1.51. The van der Waals surface area contributed by atoms with E-state index in [1.165, 1.54) is 0 Å². The van der Waals surface area contributed by atoms with Gasteiger partial charge in [-0.3, -0.25) is 9.48 Å². The van der Waals surface area contributed by atoms with Crippen LogP contribution in [0.25, 0.3) is 0 Å². The maximum absolute atomic E-state index is 12.8. The van der Waals surface area contributed by atoms with E-state index < -0.39 is 0 Å². The molecule has 1 amide bonds. The molecule has 7 nitrogen and oxygen atoms in total. The molecule has 0 fully saturated rings. The molecule has 0 saturated carbocycles. The number of rotatable bonds is 3. The van der Waals surface area contributed by atoms with Gasteiger partial charge in [0.2, 0.25) is 12.7 Å². The minimum absolute atomic E-state index is 0.0607. The number of hydrogen-bond acceptors (Lipinski definition) is 5. The summed E-state index contributed by atoms with van der Waals surface area (Å²) in [7, 11) is 1.67. The zero-order chi connectivity index (χ0) is 16.5. The third kappa shape index (κ3) is 2.82. The normalized spacial score (nSPS) is 19.0. The average molecular weight is 329 g/mol. The van der Waals surface area contributed by atoms with Gasteiger partial charge in [-0.1, -0.05) is 6.07 Å². The van der Waals surface area contributed by atoms with E-state index in [1.807, 2.05) is 33.8 Å². The van der Waals surface area contributed by atoms with Crippen molar-refractivity contribution in [2.24, 2.45) is 0 Å². The van der Waals surface area contributed by atoms with Crippen LogP contribution in [0, 0.1) is 0 Å². The molecule has 2 aromatic rings. The summed E-state index contributed by atoms with van der Waals surface area (Å²) in [5, 5.41) is 4.30. The first-order valence-corrected chi connectivity index (χ1v) is 7.92. The molecular weight excluding hydrogens is 310 g/mol. The van der Waals surface area contributed by atoms with Gasteiger partial charge in [-0.05, 0) is 23.8 Å². The van der Waals surface area contributed by atoms with E-state index in [-0.39, 0.29) is 18.8 Å². The van der Waals surface area contributed by atoms with Gasteiger partial charge in [0.25, 0.3) is 0 Å². The van der Waals surface area contributed by atoms with Gasteiger partial charge in [0.05, 0.1) is 31.3 Å². The molecule has 24 heavy (non-hydrogen) atoms. The van der Waals surface area contributed by atoms with Crippen molar-refractivity contribution >= 4 is 5.91 Å². The zero-order valence-corrected chi connectivity index (χ0v) is 13.5. The van der Waals surface area contributed by atoms with Crippen molar-refractivity contribution in [3.05, 3.63) is 41.7 Å². The molecule has 0 aliphatic carbocycles.